The Hall–Kier alpha value is -2.45. The number of anilines is 1. The smallest absolute Gasteiger partial charge is 0.267 e. The Morgan fingerprint density at radius 2 is 2.21 bits per heavy atom. The van der Waals surface area contributed by atoms with Crippen molar-refractivity contribution < 1.29 is 4.79 Å². The summed E-state index contributed by atoms with van der Waals surface area (Å²) in [4.78, 5) is 31.4. The van der Waals surface area contributed by atoms with Crippen molar-refractivity contribution in [3.05, 3.63) is 57.9 Å². The van der Waals surface area contributed by atoms with Gasteiger partial charge in [-0.25, -0.2) is 4.98 Å². The molecule has 1 amide bonds. The lowest BCUT2D eigenvalue weighted by Gasteiger charge is -2.10. The maximum absolute atomic E-state index is 12.7. The molecule has 122 valence electrons. The molecule has 24 heavy (non-hydrogen) atoms. The van der Waals surface area contributed by atoms with E-state index in [1.165, 1.54) is 21.1 Å². The van der Waals surface area contributed by atoms with Crippen LogP contribution in [0.5, 0.6) is 0 Å². The normalized spacial score (nSPS) is 16.2. The molecule has 8 heteroatoms. The van der Waals surface area contributed by atoms with Gasteiger partial charge in [-0.2, -0.15) is 0 Å². The Labute approximate surface area is 147 Å². The first-order valence-electron chi connectivity index (χ1n) is 7.12. The number of pyridine rings is 1. The van der Waals surface area contributed by atoms with Crippen molar-refractivity contribution >= 4 is 51.7 Å². The maximum Gasteiger partial charge on any atom is 0.267 e. The van der Waals surface area contributed by atoms with Gasteiger partial charge >= 0.3 is 0 Å². The lowest BCUT2D eigenvalue weighted by molar-refractivity contribution is -0.121. The molecule has 0 aliphatic carbocycles. The summed E-state index contributed by atoms with van der Waals surface area (Å²) >= 11 is 6.38. The molecule has 1 aliphatic rings. The number of carbonyl (C=O) groups is 1. The molecule has 3 heterocycles. The molecule has 1 fully saturated rings. The van der Waals surface area contributed by atoms with E-state index in [4.69, 9.17) is 12.2 Å². The van der Waals surface area contributed by atoms with Crippen LogP contribution in [0.4, 0.5) is 5.82 Å². The van der Waals surface area contributed by atoms with Gasteiger partial charge < -0.3 is 5.32 Å². The molecular weight excluding hydrogens is 344 g/mol. The van der Waals surface area contributed by atoms with Gasteiger partial charge in [0.2, 0.25) is 0 Å². The molecule has 1 saturated heterocycles. The molecule has 6 nitrogen and oxygen atoms in total. The van der Waals surface area contributed by atoms with E-state index in [1.54, 1.807) is 43.6 Å². The summed E-state index contributed by atoms with van der Waals surface area (Å²) < 4.78 is 1.89. The van der Waals surface area contributed by atoms with Gasteiger partial charge in [0, 0.05) is 19.8 Å². The average Bonchev–Trinajstić information content (AvgIpc) is 2.85. The molecule has 1 N–H and O–H groups in total. The first-order chi connectivity index (χ1) is 11.6. The predicted molar refractivity (Wildman–Crippen MR) is 101 cm³/mol. The second-order valence-electron chi connectivity index (χ2n) is 4.94. The number of thiocarbonyl (C=S) groups is 1. The molecule has 0 radical (unpaired) electrons. The van der Waals surface area contributed by atoms with Crippen LogP contribution >= 0.6 is 24.0 Å². The van der Waals surface area contributed by atoms with Crippen LogP contribution in [0, 0.1) is 0 Å². The van der Waals surface area contributed by atoms with Gasteiger partial charge in [0.25, 0.3) is 11.5 Å². The van der Waals surface area contributed by atoms with E-state index in [0.29, 0.717) is 32.8 Å². The van der Waals surface area contributed by atoms with E-state index >= 15 is 0 Å². The van der Waals surface area contributed by atoms with Crippen molar-refractivity contribution in [3.8, 4) is 0 Å². The Kier molecular flexibility index (Phi) is 4.50. The van der Waals surface area contributed by atoms with Crippen LogP contribution in [-0.4, -0.2) is 38.1 Å². The zero-order valence-electron chi connectivity index (χ0n) is 12.9. The van der Waals surface area contributed by atoms with Gasteiger partial charge in [0.15, 0.2) is 0 Å². The zero-order valence-corrected chi connectivity index (χ0v) is 14.5. The van der Waals surface area contributed by atoms with Crippen LogP contribution in [0.25, 0.3) is 11.7 Å². The summed E-state index contributed by atoms with van der Waals surface area (Å²) in [5.41, 5.74) is 0.599. The highest BCUT2D eigenvalue weighted by Crippen LogP contribution is 2.32. The number of nitrogens with zero attached hydrogens (tertiary/aromatic N) is 3. The fourth-order valence-corrected chi connectivity index (χ4v) is 3.60. The van der Waals surface area contributed by atoms with Crippen LogP contribution in [0.2, 0.25) is 0 Å². The number of fused-ring (bicyclic) bond motifs is 1. The summed E-state index contributed by atoms with van der Waals surface area (Å²) in [6, 6.07) is 5.30. The molecule has 1 aliphatic heterocycles. The minimum Gasteiger partial charge on any atom is -0.372 e. The molecule has 2 aromatic rings. The largest absolute Gasteiger partial charge is 0.372 e. The summed E-state index contributed by atoms with van der Waals surface area (Å²) in [6.07, 6.45) is 4.80. The highest BCUT2D eigenvalue weighted by Gasteiger charge is 2.31. The van der Waals surface area contributed by atoms with Gasteiger partial charge in [0.05, 0.1) is 10.5 Å². The van der Waals surface area contributed by atoms with E-state index in [9.17, 15) is 9.59 Å². The second-order valence-corrected chi connectivity index (χ2v) is 6.61. The van der Waals surface area contributed by atoms with E-state index in [2.05, 4.69) is 16.9 Å². The number of amides is 1. The first-order valence-corrected chi connectivity index (χ1v) is 8.34. The summed E-state index contributed by atoms with van der Waals surface area (Å²) in [5, 5.41) is 2.91. The first kappa shape index (κ1) is 16.4. The van der Waals surface area contributed by atoms with Crippen molar-refractivity contribution in [3.63, 3.8) is 0 Å². The summed E-state index contributed by atoms with van der Waals surface area (Å²) in [5.74, 6) is 0.185. The van der Waals surface area contributed by atoms with Crippen LogP contribution < -0.4 is 10.9 Å². The summed E-state index contributed by atoms with van der Waals surface area (Å²) in [7, 11) is 1.68. The van der Waals surface area contributed by atoms with Crippen molar-refractivity contribution in [1.82, 2.24) is 14.3 Å². The highest BCUT2D eigenvalue weighted by molar-refractivity contribution is 8.26. The van der Waals surface area contributed by atoms with E-state index < -0.39 is 0 Å². The fraction of sp³-hybridized carbons (Fsp3) is 0.125. The highest BCUT2D eigenvalue weighted by atomic mass is 32.2. The Morgan fingerprint density at radius 3 is 2.92 bits per heavy atom. The Bertz CT molecular complexity index is 949. The molecule has 0 unspecified atom stereocenters. The van der Waals surface area contributed by atoms with Gasteiger partial charge in [0.1, 0.15) is 15.8 Å². The zero-order chi connectivity index (χ0) is 17.3. The average molecular weight is 358 g/mol. The van der Waals surface area contributed by atoms with Crippen LogP contribution in [0.15, 0.2) is 46.8 Å². The number of hydrogen-bond donors (Lipinski definition) is 1. The van der Waals surface area contributed by atoms with E-state index in [1.807, 2.05) is 0 Å². The van der Waals surface area contributed by atoms with Crippen molar-refractivity contribution in [2.24, 2.45) is 0 Å². The fourth-order valence-electron chi connectivity index (χ4n) is 2.34. The third kappa shape index (κ3) is 2.74. The lowest BCUT2D eigenvalue weighted by Crippen LogP contribution is -2.28. The molecule has 2 aromatic heterocycles. The van der Waals surface area contributed by atoms with E-state index in [0.717, 1.165) is 0 Å². The molecule has 3 rings (SSSR count). The minimum atomic E-state index is -0.251. The number of nitrogens with one attached hydrogen (secondary N) is 1. The monoisotopic (exact) mass is 358 g/mol. The topological polar surface area (TPSA) is 66.7 Å². The molecule has 0 atom stereocenters. The SMILES string of the molecule is C=CCN1C(=O)/C(=C\c2c(NC)nc3ccccn3c2=O)SC1=S. The van der Waals surface area contributed by atoms with Gasteiger partial charge in [-0.1, -0.05) is 36.1 Å². The number of thioether (sulfide) groups is 1. The van der Waals surface area contributed by atoms with Crippen LogP contribution in [0.1, 0.15) is 5.56 Å². The molecule has 0 saturated carbocycles. The number of hydrogen-bond acceptors (Lipinski definition) is 6. The maximum atomic E-state index is 12.7. The predicted octanol–water partition coefficient (Wildman–Crippen LogP) is 2.12. The van der Waals surface area contributed by atoms with Crippen molar-refractivity contribution in [1.29, 1.82) is 0 Å². The number of rotatable bonds is 4. The van der Waals surface area contributed by atoms with E-state index in [-0.39, 0.29) is 11.5 Å². The van der Waals surface area contributed by atoms with Crippen molar-refractivity contribution in [2.45, 2.75) is 0 Å². The Balaban J connectivity index is 2.15. The number of carbonyl (C=O) groups excluding carboxylic acids is 1. The van der Waals surface area contributed by atoms with Crippen LogP contribution in [0.3, 0.4) is 0 Å². The van der Waals surface area contributed by atoms with Crippen LogP contribution in [-0.2, 0) is 4.79 Å². The molecule has 0 aromatic carbocycles. The standard InChI is InChI=1S/C16H14N4O2S2/c1-3-7-20-15(22)11(24-16(20)23)9-10-13(17-2)18-12-6-4-5-8-19(12)14(10)21/h3-6,8-9,17H,1,7H2,2H3/b11-9+. The van der Waals surface area contributed by atoms with Gasteiger partial charge in [-0.05, 0) is 18.2 Å². The summed E-state index contributed by atoms with van der Waals surface area (Å²) in [6.45, 7) is 3.97. The Morgan fingerprint density at radius 1 is 1.42 bits per heavy atom. The quantitative estimate of drug-likeness (QED) is 0.513. The number of aromatic nitrogens is 2. The molecule has 0 bridgehead atoms. The second kappa shape index (κ2) is 6.58. The lowest BCUT2D eigenvalue weighted by atomic mass is 10.2. The van der Waals surface area contributed by atoms with Crippen molar-refractivity contribution in [2.75, 3.05) is 18.9 Å². The molecular formula is C16H14N4O2S2. The third-order valence-electron chi connectivity index (χ3n) is 3.47. The molecule has 0 spiro atoms. The minimum absolute atomic E-state index is 0.232. The van der Waals surface area contributed by atoms with Gasteiger partial charge in [-0.15, -0.1) is 6.58 Å². The van der Waals surface area contributed by atoms with Gasteiger partial charge in [-0.3, -0.25) is 18.9 Å². The third-order valence-corrected chi connectivity index (χ3v) is 4.84.